The molecule has 8 heteroatoms. The third-order valence-corrected chi connectivity index (χ3v) is 5.12. The number of rotatable bonds is 5. The summed E-state index contributed by atoms with van der Waals surface area (Å²) in [6, 6.07) is 10.2. The lowest BCUT2D eigenvalue weighted by molar-refractivity contribution is 0.0602. The number of nitrogens with zero attached hydrogens (tertiary/aromatic N) is 2. The van der Waals surface area contributed by atoms with Crippen LogP contribution in [0.25, 0.3) is 0 Å². The number of hydrogen-bond donors (Lipinski definition) is 2. The molecule has 0 radical (unpaired) electrons. The van der Waals surface area contributed by atoms with Crippen molar-refractivity contribution < 1.29 is 14.3 Å². The number of anilines is 2. The van der Waals surface area contributed by atoms with Crippen LogP contribution < -0.4 is 15.5 Å². The van der Waals surface area contributed by atoms with Crippen molar-refractivity contribution in [3.8, 4) is 0 Å². The van der Waals surface area contributed by atoms with E-state index in [0.29, 0.717) is 17.8 Å². The molecule has 0 bridgehead atoms. The van der Waals surface area contributed by atoms with Gasteiger partial charge in [-0.2, -0.15) is 11.8 Å². The number of benzene rings is 1. The minimum absolute atomic E-state index is 0.310. The van der Waals surface area contributed by atoms with Crippen LogP contribution in [0.3, 0.4) is 0 Å². The molecule has 2 aromatic rings. The van der Waals surface area contributed by atoms with Gasteiger partial charge < -0.3 is 20.3 Å². The molecule has 7 nitrogen and oxygen atoms in total. The van der Waals surface area contributed by atoms with Gasteiger partial charge in [-0.05, 0) is 29.8 Å². The Morgan fingerprint density at radius 1 is 1.22 bits per heavy atom. The van der Waals surface area contributed by atoms with Gasteiger partial charge in [-0.3, -0.25) is 0 Å². The fourth-order valence-corrected chi connectivity index (χ4v) is 3.67. The van der Waals surface area contributed by atoms with E-state index in [-0.39, 0.29) is 6.03 Å². The van der Waals surface area contributed by atoms with E-state index in [4.69, 9.17) is 4.74 Å². The molecule has 1 aliphatic heterocycles. The third kappa shape index (κ3) is 5.13. The zero-order valence-corrected chi connectivity index (χ0v) is 15.9. The quantitative estimate of drug-likeness (QED) is 0.769. The smallest absolute Gasteiger partial charge is 0.339 e. The Labute approximate surface area is 162 Å². The molecule has 0 atom stereocenters. The van der Waals surface area contributed by atoms with Crippen molar-refractivity contribution in [2.45, 2.75) is 6.54 Å². The van der Waals surface area contributed by atoms with Crippen molar-refractivity contribution in [3.05, 3.63) is 53.7 Å². The van der Waals surface area contributed by atoms with E-state index < -0.39 is 5.97 Å². The molecular weight excluding hydrogens is 364 g/mol. The molecule has 0 unspecified atom stereocenters. The molecule has 2 N–H and O–H groups in total. The Bertz CT molecular complexity index is 809. The largest absolute Gasteiger partial charge is 0.465 e. The summed E-state index contributed by atoms with van der Waals surface area (Å²) in [5, 5.41) is 5.50. The van der Waals surface area contributed by atoms with E-state index in [1.807, 2.05) is 23.9 Å². The van der Waals surface area contributed by atoms with Crippen molar-refractivity contribution in [1.82, 2.24) is 10.3 Å². The van der Waals surface area contributed by atoms with Crippen LogP contribution in [0.1, 0.15) is 15.9 Å². The van der Waals surface area contributed by atoms with E-state index in [0.717, 1.165) is 36.0 Å². The summed E-state index contributed by atoms with van der Waals surface area (Å²) in [5.74, 6) is 2.65. The second-order valence-electron chi connectivity index (χ2n) is 5.97. The standard InChI is InChI=1S/C19H22N4O3S/c1-26-18(24)15-4-2-3-5-16(15)22-19(25)21-13-14-6-7-20-17(12-14)23-8-10-27-11-9-23/h2-7,12H,8-11,13H2,1H3,(H2,21,22,25). The van der Waals surface area contributed by atoms with E-state index in [1.54, 1.807) is 30.5 Å². The highest BCUT2D eigenvalue weighted by atomic mass is 32.2. The average Bonchev–Trinajstić information content (AvgIpc) is 2.73. The first-order valence-corrected chi connectivity index (χ1v) is 9.82. The van der Waals surface area contributed by atoms with Gasteiger partial charge in [-0.1, -0.05) is 12.1 Å². The van der Waals surface area contributed by atoms with Gasteiger partial charge in [0, 0.05) is 37.3 Å². The first-order valence-electron chi connectivity index (χ1n) is 8.67. The number of esters is 1. The molecule has 2 heterocycles. The van der Waals surface area contributed by atoms with Crippen LogP contribution in [0.4, 0.5) is 16.3 Å². The monoisotopic (exact) mass is 386 g/mol. The van der Waals surface area contributed by atoms with Crippen LogP contribution in [0.2, 0.25) is 0 Å². The van der Waals surface area contributed by atoms with Crippen molar-refractivity contribution in [2.75, 3.05) is 41.9 Å². The first kappa shape index (κ1) is 19.0. The molecule has 1 saturated heterocycles. The van der Waals surface area contributed by atoms with Gasteiger partial charge in [0.25, 0.3) is 0 Å². The van der Waals surface area contributed by atoms with Gasteiger partial charge in [-0.25, -0.2) is 14.6 Å². The molecule has 1 fully saturated rings. The summed E-state index contributed by atoms with van der Waals surface area (Å²) in [6.07, 6.45) is 1.76. The molecule has 27 heavy (non-hydrogen) atoms. The SMILES string of the molecule is COC(=O)c1ccccc1NC(=O)NCc1ccnc(N2CCSCC2)c1. The first-order chi connectivity index (χ1) is 13.2. The van der Waals surface area contributed by atoms with Gasteiger partial charge in [0.15, 0.2) is 0 Å². The molecule has 1 aromatic carbocycles. The van der Waals surface area contributed by atoms with Gasteiger partial charge in [0.1, 0.15) is 5.82 Å². The highest BCUT2D eigenvalue weighted by molar-refractivity contribution is 7.99. The summed E-state index contributed by atoms with van der Waals surface area (Å²) < 4.78 is 4.73. The number of carbonyl (C=O) groups is 2. The average molecular weight is 386 g/mol. The summed E-state index contributed by atoms with van der Waals surface area (Å²) in [7, 11) is 1.31. The Kier molecular flexibility index (Phi) is 6.54. The van der Waals surface area contributed by atoms with Gasteiger partial charge in [-0.15, -0.1) is 0 Å². The number of nitrogens with one attached hydrogen (secondary N) is 2. The van der Waals surface area contributed by atoms with Crippen molar-refractivity contribution in [3.63, 3.8) is 0 Å². The van der Waals surface area contributed by atoms with Crippen molar-refractivity contribution in [1.29, 1.82) is 0 Å². The maximum atomic E-state index is 12.2. The maximum absolute atomic E-state index is 12.2. The molecule has 2 amide bonds. The summed E-state index contributed by atoms with van der Waals surface area (Å²) >= 11 is 1.95. The van der Waals surface area contributed by atoms with Crippen LogP contribution in [0.5, 0.6) is 0 Å². The molecule has 1 aliphatic rings. The lowest BCUT2D eigenvalue weighted by Crippen LogP contribution is -2.33. The van der Waals surface area contributed by atoms with Gasteiger partial charge >= 0.3 is 12.0 Å². The van der Waals surface area contributed by atoms with E-state index >= 15 is 0 Å². The number of thioether (sulfide) groups is 1. The van der Waals surface area contributed by atoms with Crippen LogP contribution in [0.15, 0.2) is 42.6 Å². The second kappa shape index (κ2) is 9.27. The molecule has 0 spiro atoms. The Hall–Kier alpha value is -2.74. The highest BCUT2D eigenvalue weighted by Crippen LogP contribution is 2.18. The summed E-state index contributed by atoms with van der Waals surface area (Å²) in [5.41, 5.74) is 1.68. The number of aromatic nitrogens is 1. The van der Waals surface area contributed by atoms with Crippen molar-refractivity contribution in [2.24, 2.45) is 0 Å². The summed E-state index contributed by atoms with van der Waals surface area (Å²) in [4.78, 5) is 30.7. The fraction of sp³-hybridized carbons (Fsp3) is 0.316. The van der Waals surface area contributed by atoms with Gasteiger partial charge in [0.05, 0.1) is 18.4 Å². The molecule has 0 aliphatic carbocycles. The fourth-order valence-electron chi connectivity index (χ4n) is 2.76. The number of hydrogen-bond acceptors (Lipinski definition) is 6. The lowest BCUT2D eigenvalue weighted by atomic mass is 10.2. The minimum Gasteiger partial charge on any atom is -0.465 e. The van der Waals surface area contributed by atoms with E-state index in [9.17, 15) is 9.59 Å². The molecule has 142 valence electrons. The molecule has 3 rings (SSSR count). The number of pyridine rings is 1. The van der Waals surface area contributed by atoms with Crippen LogP contribution >= 0.6 is 11.8 Å². The van der Waals surface area contributed by atoms with E-state index in [2.05, 4.69) is 20.5 Å². The number of ether oxygens (including phenoxy) is 1. The minimum atomic E-state index is -0.496. The number of para-hydroxylation sites is 1. The van der Waals surface area contributed by atoms with Crippen LogP contribution in [0, 0.1) is 0 Å². The predicted molar refractivity (Wildman–Crippen MR) is 107 cm³/mol. The van der Waals surface area contributed by atoms with Crippen LogP contribution in [-0.4, -0.2) is 48.7 Å². The zero-order valence-electron chi connectivity index (χ0n) is 15.1. The number of urea groups is 1. The Morgan fingerprint density at radius 2 is 2.00 bits per heavy atom. The topological polar surface area (TPSA) is 83.6 Å². The Morgan fingerprint density at radius 3 is 2.78 bits per heavy atom. The van der Waals surface area contributed by atoms with Crippen molar-refractivity contribution >= 4 is 35.3 Å². The molecule has 0 saturated carbocycles. The van der Waals surface area contributed by atoms with Crippen LogP contribution in [-0.2, 0) is 11.3 Å². The number of carbonyl (C=O) groups excluding carboxylic acids is 2. The maximum Gasteiger partial charge on any atom is 0.339 e. The highest BCUT2D eigenvalue weighted by Gasteiger charge is 2.14. The lowest BCUT2D eigenvalue weighted by Gasteiger charge is -2.27. The molecule has 1 aromatic heterocycles. The zero-order chi connectivity index (χ0) is 19.1. The normalized spacial score (nSPS) is 13.7. The predicted octanol–water partition coefficient (Wildman–Crippen LogP) is 2.74. The Balaban J connectivity index is 1.59. The number of methoxy groups -OCH3 is 1. The number of amides is 2. The molecular formula is C19H22N4O3S. The van der Waals surface area contributed by atoms with Gasteiger partial charge in [0.2, 0.25) is 0 Å². The third-order valence-electron chi connectivity index (χ3n) is 4.18. The van der Waals surface area contributed by atoms with E-state index in [1.165, 1.54) is 7.11 Å². The summed E-state index contributed by atoms with van der Waals surface area (Å²) in [6.45, 7) is 2.34. The second-order valence-corrected chi connectivity index (χ2v) is 7.19.